The highest BCUT2D eigenvalue weighted by molar-refractivity contribution is 5.90. The molecule has 2 heteroatoms. The van der Waals surface area contributed by atoms with Crippen molar-refractivity contribution in [3.8, 4) is 0 Å². The molecule has 0 fully saturated rings. The molecule has 0 aliphatic heterocycles. The number of carbonyl (C=O) groups excluding carboxylic acids is 1. The van der Waals surface area contributed by atoms with Crippen molar-refractivity contribution in [1.82, 2.24) is 0 Å². The van der Waals surface area contributed by atoms with Gasteiger partial charge in [-0.3, -0.25) is 0 Å². The van der Waals surface area contributed by atoms with Gasteiger partial charge in [0.2, 0.25) is 0 Å². The maximum Gasteiger partial charge on any atom is 0.338 e. The molecule has 1 aromatic rings. The smallest absolute Gasteiger partial charge is 0.338 e. The van der Waals surface area contributed by atoms with E-state index in [9.17, 15) is 4.79 Å². The van der Waals surface area contributed by atoms with E-state index >= 15 is 0 Å². The Bertz CT molecular complexity index is 425. The molecule has 1 rings (SSSR count). The Labute approximate surface area is 110 Å². The quantitative estimate of drug-likeness (QED) is 0.744. The van der Waals surface area contributed by atoms with Gasteiger partial charge in [0.15, 0.2) is 0 Å². The number of carbonyl (C=O) groups is 1. The standard InChI is InChI=1S/C16H24O2/c1-7-12-8-13(11(2)3)10-14(9-12)15(17)18-16(4,5)6/h8-11H,7H2,1-6H3. The summed E-state index contributed by atoms with van der Waals surface area (Å²) in [7, 11) is 0. The lowest BCUT2D eigenvalue weighted by Gasteiger charge is -2.20. The van der Waals surface area contributed by atoms with E-state index in [0.717, 1.165) is 6.42 Å². The highest BCUT2D eigenvalue weighted by Crippen LogP contribution is 2.21. The monoisotopic (exact) mass is 248 g/mol. The summed E-state index contributed by atoms with van der Waals surface area (Å²) in [5, 5.41) is 0. The Balaban J connectivity index is 3.08. The van der Waals surface area contributed by atoms with Crippen LogP contribution in [-0.2, 0) is 11.2 Å². The van der Waals surface area contributed by atoms with E-state index in [4.69, 9.17) is 4.74 Å². The van der Waals surface area contributed by atoms with Crippen molar-refractivity contribution in [3.63, 3.8) is 0 Å². The summed E-state index contributed by atoms with van der Waals surface area (Å²) in [6, 6.07) is 6.04. The normalized spacial score (nSPS) is 11.7. The molecule has 0 aromatic heterocycles. The van der Waals surface area contributed by atoms with Crippen molar-refractivity contribution in [1.29, 1.82) is 0 Å². The minimum atomic E-state index is -0.447. The second-order valence-corrected chi connectivity index (χ2v) is 5.97. The predicted molar refractivity (Wildman–Crippen MR) is 75.1 cm³/mol. The maximum atomic E-state index is 12.1. The molecule has 0 saturated carbocycles. The van der Waals surface area contributed by atoms with E-state index in [-0.39, 0.29) is 5.97 Å². The van der Waals surface area contributed by atoms with Gasteiger partial charge in [0.05, 0.1) is 5.56 Å². The Kier molecular flexibility index (Phi) is 4.55. The SMILES string of the molecule is CCc1cc(C(=O)OC(C)(C)C)cc(C(C)C)c1. The molecule has 0 N–H and O–H groups in total. The van der Waals surface area contributed by atoms with Gasteiger partial charge in [-0.25, -0.2) is 4.79 Å². The molecule has 18 heavy (non-hydrogen) atoms. The first-order valence-corrected chi connectivity index (χ1v) is 6.60. The molecule has 0 saturated heterocycles. The van der Waals surface area contributed by atoms with E-state index in [1.807, 2.05) is 32.9 Å². The number of aryl methyl sites for hydroxylation is 1. The molecule has 0 radical (unpaired) electrons. The van der Waals surface area contributed by atoms with Gasteiger partial charge < -0.3 is 4.74 Å². The molecule has 1 aromatic carbocycles. The molecule has 0 aliphatic rings. The lowest BCUT2D eigenvalue weighted by molar-refractivity contribution is 0.00693. The second-order valence-electron chi connectivity index (χ2n) is 5.97. The highest BCUT2D eigenvalue weighted by atomic mass is 16.6. The molecular weight excluding hydrogens is 224 g/mol. The fourth-order valence-electron chi connectivity index (χ4n) is 1.71. The zero-order valence-corrected chi connectivity index (χ0v) is 12.3. The van der Waals surface area contributed by atoms with Crippen molar-refractivity contribution < 1.29 is 9.53 Å². The number of esters is 1. The summed E-state index contributed by atoms with van der Waals surface area (Å²) in [5.41, 5.74) is 2.59. The Morgan fingerprint density at radius 2 is 1.83 bits per heavy atom. The summed E-state index contributed by atoms with van der Waals surface area (Å²) in [6.45, 7) is 12.0. The van der Waals surface area contributed by atoms with Crippen LogP contribution < -0.4 is 0 Å². The van der Waals surface area contributed by atoms with E-state index in [1.165, 1.54) is 11.1 Å². The second kappa shape index (κ2) is 5.55. The van der Waals surface area contributed by atoms with Crippen molar-refractivity contribution in [2.24, 2.45) is 0 Å². The third kappa shape index (κ3) is 4.17. The Morgan fingerprint density at radius 3 is 2.28 bits per heavy atom. The van der Waals surface area contributed by atoms with Gasteiger partial charge in [-0.2, -0.15) is 0 Å². The first kappa shape index (κ1) is 14.7. The number of hydrogen-bond acceptors (Lipinski definition) is 2. The molecule has 0 aliphatic carbocycles. The first-order valence-electron chi connectivity index (χ1n) is 6.60. The molecule has 0 heterocycles. The van der Waals surface area contributed by atoms with E-state index in [2.05, 4.69) is 26.8 Å². The van der Waals surface area contributed by atoms with Crippen LogP contribution in [0.4, 0.5) is 0 Å². The number of rotatable bonds is 3. The first-order chi connectivity index (χ1) is 8.23. The Hall–Kier alpha value is -1.31. The van der Waals surface area contributed by atoms with Gasteiger partial charge in [-0.05, 0) is 56.4 Å². The molecule has 0 atom stereocenters. The predicted octanol–water partition coefficient (Wildman–Crippen LogP) is 4.33. The highest BCUT2D eigenvalue weighted by Gasteiger charge is 2.18. The van der Waals surface area contributed by atoms with Crippen LogP contribution in [0.25, 0.3) is 0 Å². The molecule has 0 bridgehead atoms. The average molecular weight is 248 g/mol. The summed E-state index contributed by atoms with van der Waals surface area (Å²) < 4.78 is 5.42. The van der Waals surface area contributed by atoms with Crippen molar-refractivity contribution in [3.05, 3.63) is 34.9 Å². The zero-order chi connectivity index (χ0) is 13.9. The van der Waals surface area contributed by atoms with Gasteiger partial charge in [0, 0.05) is 0 Å². The van der Waals surface area contributed by atoms with Crippen LogP contribution in [0.2, 0.25) is 0 Å². The third-order valence-corrected chi connectivity index (χ3v) is 2.72. The summed E-state index contributed by atoms with van der Waals surface area (Å²) >= 11 is 0. The van der Waals surface area contributed by atoms with Crippen molar-refractivity contribution >= 4 is 5.97 Å². The lowest BCUT2D eigenvalue weighted by Crippen LogP contribution is -2.24. The van der Waals surface area contributed by atoms with Crippen LogP contribution in [0, 0.1) is 0 Å². The van der Waals surface area contributed by atoms with Crippen LogP contribution in [0.15, 0.2) is 18.2 Å². The fraction of sp³-hybridized carbons (Fsp3) is 0.562. The molecule has 2 nitrogen and oxygen atoms in total. The molecule has 100 valence electrons. The fourth-order valence-corrected chi connectivity index (χ4v) is 1.71. The summed E-state index contributed by atoms with van der Waals surface area (Å²) in [6.07, 6.45) is 0.927. The van der Waals surface area contributed by atoms with Gasteiger partial charge in [-0.1, -0.05) is 26.8 Å². The summed E-state index contributed by atoms with van der Waals surface area (Å²) in [4.78, 5) is 12.1. The van der Waals surface area contributed by atoms with Crippen LogP contribution in [0.1, 0.15) is 68.9 Å². The number of ether oxygens (including phenoxy) is 1. The molecule has 0 unspecified atom stereocenters. The molecule has 0 amide bonds. The van der Waals surface area contributed by atoms with Crippen molar-refractivity contribution in [2.75, 3.05) is 0 Å². The minimum Gasteiger partial charge on any atom is -0.456 e. The van der Waals surface area contributed by atoms with Crippen molar-refractivity contribution in [2.45, 2.75) is 59.5 Å². The lowest BCUT2D eigenvalue weighted by atomic mass is 9.97. The Morgan fingerprint density at radius 1 is 1.22 bits per heavy atom. The largest absolute Gasteiger partial charge is 0.456 e. The maximum absolute atomic E-state index is 12.1. The van der Waals surface area contributed by atoms with E-state index in [1.54, 1.807) is 0 Å². The van der Waals surface area contributed by atoms with Crippen LogP contribution in [0.5, 0.6) is 0 Å². The van der Waals surface area contributed by atoms with Gasteiger partial charge in [0.1, 0.15) is 5.60 Å². The number of hydrogen-bond donors (Lipinski definition) is 0. The van der Waals surface area contributed by atoms with E-state index in [0.29, 0.717) is 11.5 Å². The van der Waals surface area contributed by atoms with Gasteiger partial charge in [-0.15, -0.1) is 0 Å². The average Bonchev–Trinajstić information content (AvgIpc) is 2.26. The summed E-state index contributed by atoms with van der Waals surface area (Å²) in [5.74, 6) is 0.178. The van der Waals surface area contributed by atoms with E-state index < -0.39 is 5.60 Å². The molecule has 0 spiro atoms. The van der Waals surface area contributed by atoms with Crippen LogP contribution in [0.3, 0.4) is 0 Å². The number of benzene rings is 1. The van der Waals surface area contributed by atoms with Gasteiger partial charge >= 0.3 is 5.97 Å². The third-order valence-electron chi connectivity index (χ3n) is 2.72. The van der Waals surface area contributed by atoms with Crippen LogP contribution in [-0.4, -0.2) is 11.6 Å². The zero-order valence-electron chi connectivity index (χ0n) is 12.3. The molecular formula is C16H24O2. The minimum absolute atomic E-state index is 0.236. The topological polar surface area (TPSA) is 26.3 Å². The van der Waals surface area contributed by atoms with Gasteiger partial charge in [0.25, 0.3) is 0 Å². The van der Waals surface area contributed by atoms with Crippen LogP contribution >= 0.6 is 0 Å².